The third kappa shape index (κ3) is 7.02. The van der Waals surface area contributed by atoms with E-state index in [-0.39, 0.29) is 24.2 Å². The minimum absolute atomic E-state index is 0.127. The first-order valence-corrected chi connectivity index (χ1v) is 12.7. The zero-order valence-corrected chi connectivity index (χ0v) is 22.3. The van der Waals surface area contributed by atoms with Crippen LogP contribution in [0.1, 0.15) is 68.9 Å². The lowest BCUT2D eigenvalue weighted by atomic mass is 9.95. The van der Waals surface area contributed by atoms with Gasteiger partial charge in [0, 0.05) is 0 Å². The van der Waals surface area contributed by atoms with Crippen LogP contribution in [0.5, 0.6) is 11.5 Å². The van der Waals surface area contributed by atoms with Crippen LogP contribution in [-0.2, 0) is 14.3 Å². The van der Waals surface area contributed by atoms with Gasteiger partial charge in [-0.15, -0.1) is 0 Å². The Morgan fingerprint density at radius 3 is 2.27 bits per heavy atom. The molecular weight excluding hydrogens is 476 g/mol. The van der Waals surface area contributed by atoms with E-state index in [9.17, 15) is 14.4 Å². The first kappa shape index (κ1) is 28.0. The molecule has 1 saturated carbocycles. The van der Waals surface area contributed by atoms with Gasteiger partial charge in [-0.05, 0) is 43.4 Å². The third-order valence-electron chi connectivity index (χ3n) is 6.54. The molecular formula is C27H38N4O6. The van der Waals surface area contributed by atoms with Gasteiger partial charge in [0.05, 0.1) is 38.6 Å². The molecule has 37 heavy (non-hydrogen) atoms. The van der Waals surface area contributed by atoms with Gasteiger partial charge < -0.3 is 24.8 Å². The first-order chi connectivity index (χ1) is 17.8. The number of nitrogens with one attached hydrogen (secondary N) is 2. The second kappa shape index (κ2) is 13.1. The summed E-state index contributed by atoms with van der Waals surface area (Å²) in [6.45, 7) is 3.64. The fourth-order valence-electron chi connectivity index (χ4n) is 4.69. The van der Waals surface area contributed by atoms with Gasteiger partial charge in [0.25, 0.3) is 5.91 Å². The summed E-state index contributed by atoms with van der Waals surface area (Å²) in [5.74, 6) is -0.132. The smallest absolute Gasteiger partial charge is 0.325 e. The number of benzene rings is 1. The van der Waals surface area contributed by atoms with Crippen molar-refractivity contribution in [1.29, 1.82) is 0 Å². The predicted molar refractivity (Wildman–Crippen MR) is 139 cm³/mol. The second-order valence-electron chi connectivity index (χ2n) is 9.64. The molecule has 0 unspecified atom stereocenters. The molecule has 0 radical (unpaired) electrons. The molecule has 2 aromatic rings. The van der Waals surface area contributed by atoms with Crippen LogP contribution >= 0.6 is 0 Å². The Kier molecular flexibility index (Phi) is 9.93. The number of amides is 2. The van der Waals surface area contributed by atoms with Crippen LogP contribution in [0, 0.1) is 5.92 Å². The maximum absolute atomic E-state index is 13.4. The van der Waals surface area contributed by atoms with Crippen LogP contribution < -0.4 is 20.1 Å². The topological polar surface area (TPSA) is 121 Å². The number of methoxy groups -OCH3 is 3. The summed E-state index contributed by atoms with van der Waals surface area (Å²) in [4.78, 5) is 37.7. The summed E-state index contributed by atoms with van der Waals surface area (Å²) in [6, 6.07) is 6.57. The Hall–Kier alpha value is -3.56. The first-order valence-electron chi connectivity index (χ1n) is 12.7. The minimum atomic E-state index is -0.832. The van der Waals surface area contributed by atoms with E-state index in [4.69, 9.17) is 14.6 Å². The monoisotopic (exact) mass is 514 g/mol. The van der Waals surface area contributed by atoms with Crippen molar-refractivity contribution in [3.63, 3.8) is 0 Å². The van der Waals surface area contributed by atoms with Gasteiger partial charge in [-0.2, -0.15) is 5.10 Å². The van der Waals surface area contributed by atoms with Gasteiger partial charge in [0.15, 0.2) is 5.69 Å². The van der Waals surface area contributed by atoms with E-state index in [0.29, 0.717) is 17.9 Å². The third-order valence-corrected chi connectivity index (χ3v) is 6.54. The molecule has 3 rings (SSSR count). The standard InChI is InChI=1S/C27H38N4O6/c1-17(2)14-19(26(33)28-16-24(32)37-5)29-27(34)20-15-21(31(30-20)18-10-7-6-8-11-18)25-22(35-3)12-9-13-23(25)36-4/h9,12-13,15,17-19H,6-8,10-11,14,16H2,1-5H3,(H,28,33)(H,29,34)/t19-/m0/s1. The summed E-state index contributed by atoms with van der Waals surface area (Å²) >= 11 is 0. The number of carbonyl (C=O) groups excluding carboxylic acids is 3. The Balaban J connectivity index is 1.96. The van der Waals surface area contributed by atoms with E-state index in [0.717, 1.165) is 36.9 Å². The molecule has 2 N–H and O–H groups in total. The molecule has 1 aromatic heterocycles. The number of ether oxygens (including phenoxy) is 3. The summed E-state index contributed by atoms with van der Waals surface area (Å²) in [7, 11) is 4.44. The van der Waals surface area contributed by atoms with Crippen molar-refractivity contribution in [1.82, 2.24) is 20.4 Å². The van der Waals surface area contributed by atoms with E-state index in [1.165, 1.54) is 13.5 Å². The molecule has 1 fully saturated rings. The van der Waals surface area contributed by atoms with Crippen molar-refractivity contribution < 1.29 is 28.6 Å². The zero-order valence-electron chi connectivity index (χ0n) is 22.3. The molecule has 1 aliphatic rings. The highest BCUT2D eigenvalue weighted by Gasteiger charge is 2.29. The van der Waals surface area contributed by atoms with Gasteiger partial charge in [-0.25, -0.2) is 0 Å². The number of hydrogen-bond acceptors (Lipinski definition) is 7. The van der Waals surface area contributed by atoms with Crippen LogP contribution in [0.3, 0.4) is 0 Å². The van der Waals surface area contributed by atoms with Gasteiger partial charge in [0.1, 0.15) is 24.1 Å². The summed E-state index contributed by atoms with van der Waals surface area (Å²) in [5, 5.41) is 10.1. The van der Waals surface area contributed by atoms with Gasteiger partial charge >= 0.3 is 5.97 Å². The highest BCUT2D eigenvalue weighted by atomic mass is 16.5. The van der Waals surface area contributed by atoms with E-state index in [1.807, 2.05) is 36.7 Å². The molecule has 1 aliphatic carbocycles. The van der Waals surface area contributed by atoms with E-state index >= 15 is 0 Å². The fourth-order valence-corrected chi connectivity index (χ4v) is 4.69. The van der Waals surface area contributed by atoms with Gasteiger partial charge in [0.2, 0.25) is 5.91 Å². The minimum Gasteiger partial charge on any atom is -0.496 e. The number of esters is 1. The SMILES string of the molecule is COC(=O)CNC(=O)[C@H](CC(C)C)NC(=O)c1cc(-c2c(OC)cccc2OC)n(C2CCCCC2)n1. The molecule has 202 valence electrons. The lowest BCUT2D eigenvalue weighted by Gasteiger charge is -2.25. The molecule has 2 amide bonds. The number of hydrogen-bond donors (Lipinski definition) is 2. The van der Waals surface area contributed by atoms with E-state index in [1.54, 1.807) is 20.3 Å². The zero-order chi connectivity index (χ0) is 26.9. The molecule has 0 spiro atoms. The molecule has 10 nitrogen and oxygen atoms in total. The Morgan fingerprint density at radius 2 is 1.70 bits per heavy atom. The molecule has 0 bridgehead atoms. The summed E-state index contributed by atoms with van der Waals surface area (Å²) in [5.41, 5.74) is 1.64. The van der Waals surface area contributed by atoms with Crippen molar-refractivity contribution in [2.45, 2.75) is 64.5 Å². The lowest BCUT2D eigenvalue weighted by Crippen LogP contribution is -2.48. The lowest BCUT2D eigenvalue weighted by molar-refractivity contribution is -0.141. The quantitative estimate of drug-likeness (QED) is 0.440. The summed E-state index contributed by atoms with van der Waals surface area (Å²) < 4.78 is 17.8. The molecule has 1 heterocycles. The van der Waals surface area contributed by atoms with Crippen LogP contribution in [0.15, 0.2) is 24.3 Å². The van der Waals surface area contributed by atoms with Crippen LogP contribution in [0.25, 0.3) is 11.3 Å². The normalized spacial score (nSPS) is 14.6. The highest BCUT2D eigenvalue weighted by molar-refractivity contribution is 5.97. The predicted octanol–water partition coefficient (Wildman–Crippen LogP) is 3.51. The van der Waals surface area contributed by atoms with Crippen LogP contribution in [0.2, 0.25) is 0 Å². The number of carbonyl (C=O) groups is 3. The maximum atomic E-state index is 13.4. The Labute approximate surface area is 218 Å². The number of aromatic nitrogens is 2. The van der Waals surface area contributed by atoms with Crippen molar-refractivity contribution >= 4 is 17.8 Å². The van der Waals surface area contributed by atoms with E-state index in [2.05, 4.69) is 15.4 Å². The summed E-state index contributed by atoms with van der Waals surface area (Å²) in [6.07, 6.45) is 5.67. The average molecular weight is 515 g/mol. The van der Waals surface area contributed by atoms with Crippen molar-refractivity contribution in [3.05, 3.63) is 30.0 Å². The number of nitrogens with zero attached hydrogens (tertiary/aromatic N) is 2. The second-order valence-corrected chi connectivity index (χ2v) is 9.64. The van der Waals surface area contributed by atoms with Crippen molar-refractivity contribution in [2.75, 3.05) is 27.9 Å². The van der Waals surface area contributed by atoms with Crippen molar-refractivity contribution in [3.8, 4) is 22.8 Å². The molecule has 0 saturated heterocycles. The van der Waals surface area contributed by atoms with Crippen molar-refractivity contribution in [2.24, 2.45) is 5.92 Å². The fraction of sp³-hybridized carbons (Fsp3) is 0.556. The van der Waals surface area contributed by atoms with Gasteiger partial charge in [-0.3, -0.25) is 19.1 Å². The molecule has 1 atom stereocenters. The van der Waals surface area contributed by atoms with Crippen LogP contribution in [0.4, 0.5) is 0 Å². The highest BCUT2D eigenvalue weighted by Crippen LogP contribution is 2.41. The largest absolute Gasteiger partial charge is 0.496 e. The Bertz CT molecular complexity index is 1070. The molecule has 0 aliphatic heterocycles. The van der Waals surface area contributed by atoms with Gasteiger partial charge in [-0.1, -0.05) is 39.2 Å². The van der Waals surface area contributed by atoms with E-state index < -0.39 is 23.8 Å². The molecule has 1 aromatic carbocycles. The average Bonchev–Trinajstić information content (AvgIpc) is 3.36. The maximum Gasteiger partial charge on any atom is 0.325 e. The number of rotatable bonds is 11. The molecule has 10 heteroatoms. The van der Waals surface area contributed by atoms with Crippen LogP contribution in [-0.4, -0.2) is 61.5 Å². The Morgan fingerprint density at radius 1 is 1.05 bits per heavy atom.